The van der Waals surface area contributed by atoms with Gasteiger partial charge in [0.2, 0.25) is 0 Å². The Morgan fingerprint density at radius 1 is 1.21 bits per heavy atom. The second-order valence-corrected chi connectivity index (χ2v) is 10.5. The van der Waals surface area contributed by atoms with Gasteiger partial charge in [0, 0.05) is 29.3 Å². The van der Waals surface area contributed by atoms with Crippen LogP contribution in [0.2, 0.25) is 0 Å². The molecule has 6 heteroatoms. The Labute approximate surface area is 202 Å². The summed E-state index contributed by atoms with van der Waals surface area (Å²) in [6.45, 7) is 2.40. The smallest absolute Gasteiger partial charge is 0.126 e. The zero-order valence-corrected chi connectivity index (χ0v) is 20.6. The number of nitrogens with zero attached hydrogens (tertiary/aromatic N) is 2. The number of benzene rings is 1. The molecule has 0 bridgehead atoms. The molecule has 0 amide bonds. The molecule has 0 radical (unpaired) electrons. The Kier molecular flexibility index (Phi) is 8.75. The summed E-state index contributed by atoms with van der Waals surface area (Å²) in [4.78, 5) is 6.83. The van der Waals surface area contributed by atoms with Gasteiger partial charge in [-0.25, -0.2) is 8.78 Å². The van der Waals surface area contributed by atoms with E-state index in [9.17, 15) is 9.50 Å². The Hall–Kier alpha value is -1.79. The van der Waals surface area contributed by atoms with E-state index in [1.807, 2.05) is 0 Å². The van der Waals surface area contributed by atoms with Crippen LogP contribution in [0, 0.1) is 11.3 Å². The van der Waals surface area contributed by atoms with Crippen molar-refractivity contribution in [3.05, 3.63) is 35.5 Å². The van der Waals surface area contributed by atoms with Gasteiger partial charge in [0.25, 0.3) is 0 Å². The van der Waals surface area contributed by atoms with Crippen molar-refractivity contribution in [1.29, 1.82) is 0 Å². The van der Waals surface area contributed by atoms with Gasteiger partial charge < -0.3 is 14.7 Å². The zero-order valence-electron chi connectivity index (χ0n) is 20.6. The molecule has 34 heavy (non-hydrogen) atoms. The highest BCUT2D eigenvalue weighted by Gasteiger charge is 2.35. The second-order valence-electron chi connectivity index (χ2n) is 10.5. The van der Waals surface area contributed by atoms with Gasteiger partial charge in [-0.05, 0) is 81.3 Å². The summed E-state index contributed by atoms with van der Waals surface area (Å²) >= 11 is 0. The van der Waals surface area contributed by atoms with Gasteiger partial charge in [-0.3, -0.25) is 4.98 Å². The maximum absolute atomic E-state index is 15.7. The van der Waals surface area contributed by atoms with E-state index in [2.05, 4.69) is 9.88 Å². The van der Waals surface area contributed by atoms with Gasteiger partial charge in [0.15, 0.2) is 0 Å². The number of halogens is 2. The van der Waals surface area contributed by atoms with E-state index >= 15 is 4.39 Å². The Bertz CT molecular complexity index is 919. The molecule has 188 valence electrons. The molecule has 2 heterocycles. The zero-order chi connectivity index (χ0) is 24.0. The number of aromatic nitrogens is 1. The first-order valence-corrected chi connectivity index (χ1v) is 13.1. The lowest BCUT2D eigenvalue weighted by Gasteiger charge is -2.41. The lowest BCUT2D eigenvalue weighted by atomic mass is 9.74. The number of likely N-dealkylation sites (tertiary alicyclic amines) is 1. The Morgan fingerprint density at radius 3 is 2.65 bits per heavy atom. The average molecular weight is 475 g/mol. The van der Waals surface area contributed by atoms with Crippen LogP contribution >= 0.6 is 0 Å². The molecule has 4 rings (SSSR count). The van der Waals surface area contributed by atoms with Crippen molar-refractivity contribution in [1.82, 2.24) is 9.88 Å². The highest BCUT2D eigenvalue weighted by atomic mass is 19.1. The first kappa shape index (κ1) is 25.3. The maximum atomic E-state index is 15.7. The van der Waals surface area contributed by atoms with Crippen LogP contribution in [0.4, 0.5) is 8.78 Å². The molecule has 1 aliphatic carbocycles. The molecule has 0 spiro atoms. The van der Waals surface area contributed by atoms with Crippen LogP contribution in [0.3, 0.4) is 0 Å². The van der Waals surface area contributed by atoms with Gasteiger partial charge in [0.05, 0.1) is 12.6 Å². The molecular weight excluding hydrogens is 434 g/mol. The van der Waals surface area contributed by atoms with E-state index in [0.29, 0.717) is 34.2 Å². The molecule has 1 saturated carbocycles. The van der Waals surface area contributed by atoms with E-state index in [-0.39, 0.29) is 18.4 Å². The number of piperidine rings is 1. The van der Waals surface area contributed by atoms with Gasteiger partial charge in [-0.2, -0.15) is 0 Å². The fourth-order valence-corrected chi connectivity index (χ4v) is 5.99. The van der Waals surface area contributed by atoms with Crippen LogP contribution < -0.4 is 4.74 Å². The number of hydrogen-bond donors (Lipinski definition) is 1. The molecule has 1 saturated heterocycles. The minimum Gasteiger partial charge on any atom is -0.497 e. The molecule has 1 aromatic carbocycles. The fourth-order valence-electron chi connectivity index (χ4n) is 5.99. The number of hydrogen-bond acceptors (Lipinski definition) is 4. The number of aliphatic hydroxyl groups excluding tert-OH is 1. The minimum atomic E-state index is -1.31. The quantitative estimate of drug-likeness (QED) is 0.424. The highest BCUT2D eigenvalue weighted by molar-refractivity contribution is 5.85. The lowest BCUT2D eigenvalue weighted by molar-refractivity contribution is 0.0281. The van der Waals surface area contributed by atoms with E-state index in [4.69, 9.17) is 4.74 Å². The first-order valence-electron chi connectivity index (χ1n) is 13.1. The normalized spacial score (nSPS) is 20.5. The summed E-state index contributed by atoms with van der Waals surface area (Å²) in [6.07, 6.45) is 11.0. The van der Waals surface area contributed by atoms with Crippen LogP contribution in [-0.2, 0) is 6.67 Å². The SMILES string of the molecule is COc1ccc2ncc(CF)c([C@H](F)CCC3(CO)CCN(CCC4CCCCC4)CC3)c2c1. The van der Waals surface area contributed by atoms with Crippen LogP contribution in [0.25, 0.3) is 10.9 Å². The fraction of sp³-hybridized carbons (Fsp3) is 0.679. The molecule has 1 N–H and O–H groups in total. The largest absolute Gasteiger partial charge is 0.497 e. The summed E-state index contributed by atoms with van der Waals surface area (Å²) in [7, 11) is 1.56. The van der Waals surface area contributed by atoms with E-state index < -0.39 is 12.8 Å². The predicted molar refractivity (Wildman–Crippen MR) is 133 cm³/mol. The van der Waals surface area contributed by atoms with Crippen LogP contribution in [0.1, 0.15) is 81.5 Å². The Morgan fingerprint density at radius 2 is 1.97 bits per heavy atom. The van der Waals surface area contributed by atoms with E-state index in [1.165, 1.54) is 44.7 Å². The third-order valence-electron chi connectivity index (χ3n) is 8.42. The third kappa shape index (κ3) is 5.88. The monoisotopic (exact) mass is 474 g/mol. The number of pyridine rings is 1. The molecule has 2 aromatic rings. The standard InChI is InChI=1S/C28H40F2N2O2/c1-34-23-7-8-26-24(17-23)27(22(18-29)19-31-26)25(30)9-11-28(20-33)12-15-32(16-13-28)14-10-21-5-3-2-4-6-21/h7-8,17,19,21,25,33H,2-6,9-16,18,20H2,1H3/t25-/m1/s1. The molecule has 1 atom stereocenters. The summed E-state index contributed by atoms with van der Waals surface area (Å²) < 4.78 is 34.8. The number of rotatable bonds is 10. The number of fused-ring (bicyclic) bond motifs is 1. The maximum Gasteiger partial charge on any atom is 0.126 e. The lowest BCUT2D eigenvalue weighted by Crippen LogP contribution is -2.42. The van der Waals surface area contributed by atoms with Crippen molar-refractivity contribution >= 4 is 10.9 Å². The number of methoxy groups -OCH3 is 1. The number of ether oxygens (including phenoxy) is 1. The second kappa shape index (κ2) is 11.8. The minimum absolute atomic E-state index is 0.0804. The topological polar surface area (TPSA) is 45.6 Å². The van der Waals surface area contributed by atoms with Gasteiger partial charge in [-0.1, -0.05) is 32.1 Å². The first-order chi connectivity index (χ1) is 16.6. The number of alkyl halides is 2. The summed E-state index contributed by atoms with van der Waals surface area (Å²) in [6, 6.07) is 5.31. The van der Waals surface area contributed by atoms with Crippen molar-refractivity contribution in [2.24, 2.45) is 11.3 Å². The summed E-state index contributed by atoms with van der Waals surface area (Å²) in [5.41, 5.74) is 1.06. The Balaban J connectivity index is 1.38. The summed E-state index contributed by atoms with van der Waals surface area (Å²) in [5, 5.41) is 10.9. The van der Waals surface area contributed by atoms with E-state index in [1.54, 1.807) is 25.3 Å². The molecule has 2 fully saturated rings. The molecule has 1 aromatic heterocycles. The van der Waals surface area contributed by atoms with Gasteiger partial charge >= 0.3 is 0 Å². The molecule has 0 unspecified atom stereocenters. The third-order valence-corrected chi connectivity index (χ3v) is 8.42. The van der Waals surface area contributed by atoms with Gasteiger partial charge in [-0.15, -0.1) is 0 Å². The van der Waals surface area contributed by atoms with Gasteiger partial charge in [0.1, 0.15) is 18.6 Å². The summed E-state index contributed by atoms with van der Waals surface area (Å²) in [5.74, 6) is 1.48. The van der Waals surface area contributed by atoms with Crippen molar-refractivity contribution < 1.29 is 18.6 Å². The van der Waals surface area contributed by atoms with Crippen molar-refractivity contribution in [2.75, 3.05) is 33.4 Å². The van der Waals surface area contributed by atoms with Crippen molar-refractivity contribution in [3.8, 4) is 5.75 Å². The molecule has 1 aliphatic heterocycles. The molecule has 4 nitrogen and oxygen atoms in total. The average Bonchev–Trinajstić information content (AvgIpc) is 2.90. The van der Waals surface area contributed by atoms with Crippen LogP contribution in [0.5, 0.6) is 5.75 Å². The van der Waals surface area contributed by atoms with Crippen LogP contribution in [0.15, 0.2) is 24.4 Å². The molecule has 2 aliphatic rings. The van der Waals surface area contributed by atoms with E-state index in [0.717, 1.165) is 38.4 Å². The molecular formula is C28H40F2N2O2. The predicted octanol–water partition coefficient (Wildman–Crippen LogP) is 6.55. The van der Waals surface area contributed by atoms with Crippen LogP contribution in [-0.4, -0.2) is 48.3 Å². The van der Waals surface area contributed by atoms with Crippen molar-refractivity contribution in [2.45, 2.75) is 77.1 Å². The highest BCUT2D eigenvalue weighted by Crippen LogP contribution is 2.41. The van der Waals surface area contributed by atoms with Crippen molar-refractivity contribution in [3.63, 3.8) is 0 Å². The number of aliphatic hydroxyl groups is 1.